The molecule has 0 saturated carbocycles. The van der Waals surface area contributed by atoms with Crippen molar-refractivity contribution in [2.75, 3.05) is 6.54 Å². The van der Waals surface area contributed by atoms with Crippen LogP contribution in [0.25, 0.3) is 10.4 Å². The third kappa shape index (κ3) is 3.72. The number of hydrogen-bond donors (Lipinski definition) is 1. The van der Waals surface area contributed by atoms with Crippen LogP contribution in [0.4, 0.5) is 5.69 Å². The molecule has 1 amide bonds. The summed E-state index contributed by atoms with van der Waals surface area (Å²) in [7, 11) is 0. The quantitative estimate of drug-likeness (QED) is 0.397. The van der Waals surface area contributed by atoms with E-state index in [0.29, 0.717) is 11.3 Å². The fraction of sp³-hybridized carbons (Fsp3) is 0.111. The molecule has 1 N–H and O–H groups in total. The SMILES string of the molecule is [N-]=[N+]=Nc1ccc(C(=O)NCC(=O)Br)cc1. The van der Waals surface area contributed by atoms with Crippen LogP contribution >= 0.6 is 15.9 Å². The standard InChI is InChI=1S/C9H7BrN4O2/c10-8(15)5-12-9(16)6-1-3-7(4-2-6)13-14-11/h1-4H,5H2,(H,12,16). The van der Waals surface area contributed by atoms with Crippen molar-refractivity contribution < 1.29 is 9.59 Å². The Bertz CT molecular complexity index is 451. The van der Waals surface area contributed by atoms with Gasteiger partial charge in [0.2, 0.25) is 4.69 Å². The summed E-state index contributed by atoms with van der Waals surface area (Å²) in [6, 6.07) is 6.06. The maximum absolute atomic E-state index is 11.4. The zero-order chi connectivity index (χ0) is 12.0. The molecule has 0 atom stereocenters. The van der Waals surface area contributed by atoms with Crippen LogP contribution in [0, 0.1) is 0 Å². The largest absolute Gasteiger partial charge is 0.344 e. The maximum Gasteiger partial charge on any atom is 0.251 e. The Balaban J connectivity index is 2.70. The Labute approximate surface area is 99.4 Å². The van der Waals surface area contributed by atoms with Gasteiger partial charge in [0.25, 0.3) is 5.91 Å². The predicted molar refractivity (Wildman–Crippen MR) is 61.5 cm³/mol. The number of amides is 1. The van der Waals surface area contributed by atoms with Crippen molar-refractivity contribution >= 4 is 32.2 Å². The third-order valence-electron chi connectivity index (χ3n) is 1.68. The van der Waals surface area contributed by atoms with E-state index in [1.807, 2.05) is 0 Å². The van der Waals surface area contributed by atoms with Gasteiger partial charge in [0.05, 0.1) is 6.54 Å². The molecule has 16 heavy (non-hydrogen) atoms. The smallest absolute Gasteiger partial charge is 0.251 e. The fourth-order valence-electron chi connectivity index (χ4n) is 0.983. The van der Waals surface area contributed by atoms with Crippen molar-refractivity contribution in [2.24, 2.45) is 5.11 Å². The van der Waals surface area contributed by atoms with E-state index in [9.17, 15) is 9.59 Å². The maximum atomic E-state index is 11.4. The number of nitrogens with one attached hydrogen (secondary N) is 1. The highest BCUT2D eigenvalue weighted by Crippen LogP contribution is 2.12. The molecule has 0 saturated heterocycles. The highest BCUT2D eigenvalue weighted by atomic mass is 79.9. The number of hydrogen-bond acceptors (Lipinski definition) is 3. The molecular formula is C9H7BrN4O2. The second-order valence-electron chi connectivity index (χ2n) is 2.77. The minimum atomic E-state index is -0.361. The Kier molecular flexibility index (Phi) is 4.50. The van der Waals surface area contributed by atoms with Gasteiger partial charge in [-0.05, 0) is 33.6 Å². The van der Waals surface area contributed by atoms with Crippen LogP contribution in [0.15, 0.2) is 29.4 Å². The lowest BCUT2D eigenvalue weighted by molar-refractivity contribution is -0.109. The first-order valence-corrected chi connectivity index (χ1v) is 5.04. The average molecular weight is 283 g/mol. The molecule has 0 bridgehead atoms. The van der Waals surface area contributed by atoms with Crippen LogP contribution in [0.5, 0.6) is 0 Å². The van der Waals surface area contributed by atoms with Gasteiger partial charge in [-0.1, -0.05) is 17.2 Å². The van der Waals surface area contributed by atoms with Crippen molar-refractivity contribution in [2.45, 2.75) is 0 Å². The summed E-state index contributed by atoms with van der Waals surface area (Å²) in [5.41, 5.74) is 9.00. The van der Waals surface area contributed by atoms with E-state index in [1.165, 1.54) is 24.3 Å². The van der Waals surface area contributed by atoms with Gasteiger partial charge < -0.3 is 5.32 Å². The van der Waals surface area contributed by atoms with E-state index in [4.69, 9.17) is 5.53 Å². The number of carbonyl (C=O) groups excluding carboxylic acids is 2. The molecule has 1 rings (SSSR count). The Morgan fingerprint density at radius 3 is 2.50 bits per heavy atom. The molecule has 82 valence electrons. The monoisotopic (exact) mass is 282 g/mol. The number of carbonyl (C=O) groups is 2. The van der Waals surface area contributed by atoms with E-state index < -0.39 is 0 Å². The van der Waals surface area contributed by atoms with Crippen molar-refractivity contribution in [1.29, 1.82) is 0 Å². The molecule has 0 spiro atoms. The summed E-state index contributed by atoms with van der Waals surface area (Å²) in [5.74, 6) is -0.361. The summed E-state index contributed by atoms with van der Waals surface area (Å²) in [5, 5.41) is 5.78. The molecule has 0 fully saturated rings. The van der Waals surface area contributed by atoms with Gasteiger partial charge in [-0.15, -0.1) is 0 Å². The Hall–Kier alpha value is -1.85. The first kappa shape index (κ1) is 12.2. The van der Waals surface area contributed by atoms with Gasteiger partial charge >= 0.3 is 0 Å². The number of nitrogens with zero attached hydrogens (tertiary/aromatic N) is 3. The fourth-order valence-corrected chi connectivity index (χ4v) is 1.12. The third-order valence-corrected chi connectivity index (χ3v) is 1.96. The minimum Gasteiger partial charge on any atom is -0.344 e. The molecule has 1 aromatic carbocycles. The molecule has 0 aliphatic carbocycles. The summed E-state index contributed by atoms with van der Waals surface area (Å²) in [6.45, 7) is -0.0725. The van der Waals surface area contributed by atoms with Crippen molar-refractivity contribution in [3.63, 3.8) is 0 Å². The number of rotatable bonds is 4. The van der Waals surface area contributed by atoms with E-state index in [0.717, 1.165) is 0 Å². The van der Waals surface area contributed by atoms with Crippen LogP contribution in [-0.2, 0) is 4.79 Å². The molecule has 0 radical (unpaired) electrons. The van der Waals surface area contributed by atoms with Gasteiger partial charge in [0, 0.05) is 16.2 Å². The predicted octanol–water partition coefficient (Wildman–Crippen LogP) is 2.28. The topological polar surface area (TPSA) is 94.9 Å². The first-order valence-electron chi connectivity index (χ1n) is 4.25. The molecule has 6 nitrogen and oxygen atoms in total. The summed E-state index contributed by atoms with van der Waals surface area (Å²) in [4.78, 5) is 24.6. The van der Waals surface area contributed by atoms with Gasteiger partial charge in [-0.25, -0.2) is 0 Å². The van der Waals surface area contributed by atoms with Crippen molar-refractivity contribution in [3.05, 3.63) is 40.3 Å². The van der Waals surface area contributed by atoms with Gasteiger partial charge in [-0.3, -0.25) is 9.59 Å². The van der Waals surface area contributed by atoms with E-state index in [2.05, 4.69) is 31.3 Å². The molecule has 0 aliphatic rings. The molecule has 0 aromatic heterocycles. The Morgan fingerprint density at radius 2 is 2.00 bits per heavy atom. The van der Waals surface area contributed by atoms with Gasteiger partial charge in [0.15, 0.2) is 0 Å². The molecule has 0 unspecified atom stereocenters. The number of azide groups is 1. The first-order chi connectivity index (χ1) is 7.63. The van der Waals surface area contributed by atoms with Crippen LogP contribution in [-0.4, -0.2) is 17.1 Å². The zero-order valence-electron chi connectivity index (χ0n) is 8.05. The molecule has 0 heterocycles. The van der Waals surface area contributed by atoms with Crippen molar-refractivity contribution in [1.82, 2.24) is 5.32 Å². The molecule has 7 heteroatoms. The lowest BCUT2D eigenvalue weighted by Crippen LogP contribution is -2.27. The van der Waals surface area contributed by atoms with Gasteiger partial charge in [0.1, 0.15) is 0 Å². The lowest BCUT2D eigenvalue weighted by atomic mass is 10.2. The molecular weight excluding hydrogens is 276 g/mol. The van der Waals surface area contributed by atoms with Crippen LogP contribution in [0.3, 0.4) is 0 Å². The van der Waals surface area contributed by atoms with Crippen LogP contribution in [0.2, 0.25) is 0 Å². The number of benzene rings is 1. The molecule has 1 aromatic rings. The van der Waals surface area contributed by atoms with E-state index >= 15 is 0 Å². The van der Waals surface area contributed by atoms with Crippen molar-refractivity contribution in [3.8, 4) is 0 Å². The van der Waals surface area contributed by atoms with Crippen LogP contribution < -0.4 is 5.32 Å². The summed E-state index contributed by atoms with van der Waals surface area (Å²) in [6.07, 6.45) is 0. The zero-order valence-corrected chi connectivity index (χ0v) is 9.64. The minimum absolute atomic E-state index is 0.0725. The average Bonchev–Trinajstić information content (AvgIpc) is 2.27. The second kappa shape index (κ2) is 5.89. The highest BCUT2D eigenvalue weighted by Gasteiger charge is 2.05. The van der Waals surface area contributed by atoms with Gasteiger partial charge in [-0.2, -0.15) is 0 Å². The Morgan fingerprint density at radius 1 is 1.38 bits per heavy atom. The van der Waals surface area contributed by atoms with E-state index in [1.54, 1.807) is 0 Å². The summed E-state index contributed by atoms with van der Waals surface area (Å²) < 4.78 is -0.299. The lowest BCUT2D eigenvalue weighted by Gasteiger charge is -2.02. The van der Waals surface area contributed by atoms with Crippen LogP contribution in [0.1, 0.15) is 10.4 Å². The number of halogens is 1. The van der Waals surface area contributed by atoms with E-state index in [-0.39, 0.29) is 17.1 Å². The molecule has 0 aliphatic heterocycles. The highest BCUT2D eigenvalue weighted by molar-refractivity contribution is 9.18. The second-order valence-corrected chi connectivity index (χ2v) is 3.66. The normalized spacial score (nSPS) is 9.06. The summed E-state index contributed by atoms with van der Waals surface area (Å²) >= 11 is 2.70.